The number of carbonyl (C=O) groups excluding carboxylic acids is 1. The summed E-state index contributed by atoms with van der Waals surface area (Å²) in [5.41, 5.74) is 1.46. The van der Waals surface area contributed by atoms with E-state index in [4.69, 9.17) is 21.1 Å². The van der Waals surface area contributed by atoms with Gasteiger partial charge in [0, 0.05) is 17.0 Å². The number of halogens is 1. The van der Waals surface area contributed by atoms with Crippen LogP contribution in [0.25, 0.3) is 6.08 Å². The van der Waals surface area contributed by atoms with Gasteiger partial charge in [-0.1, -0.05) is 29.8 Å². The van der Waals surface area contributed by atoms with Crippen LogP contribution in [0.3, 0.4) is 0 Å². The van der Waals surface area contributed by atoms with Crippen molar-refractivity contribution in [2.24, 2.45) is 0 Å². The number of rotatable bonds is 3. The Morgan fingerprint density at radius 1 is 1.05 bits per heavy atom. The van der Waals surface area contributed by atoms with Crippen molar-refractivity contribution in [3.05, 3.63) is 64.7 Å². The van der Waals surface area contributed by atoms with Crippen LogP contribution in [0.1, 0.15) is 22.3 Å². The van der Waals surface area contributed by atoms with Crippen LogP contribution >= 0.6 is 11.6 Å². The Hall–Kier alpha value is -2.26. The second kappa shape index (κ2) is 6.67. The van der Waals surface area contributed by atoms with E-state index >= 15 is 0 Å². The molecule has 2 aromatic carbocycles. The largest absolute Gasteiger partial charge is 0.490 e. The summed E-state index contributed by atoms with van der Waals surface area (Å²) in [6.07, 6.45) is 4.12. The summed E-state index contributed by atoms with van der Waals surface area (Å²) >= 11 is 5.92. The van der Waals surface area contributed by atoms with Gasteiger partial charge in [-0.25, -0.2) is 0 Å². The molecule has 3 rings (SSSR count). The number of benzene rings is 2. The molecule has 0 spiro atoms. The second-order valence-electron chi connectivity index (χ2n) is 4.96. The highest BCUT2D eigenvalue weighted by atomic mass is 35.5. The van der Waals surface area contributed by atoms with E-state index in [1.807, 2.05) is 12.1 Å². The zero-order valence-corrected chi connectivity index (χ0v) is 12.7. The molecule has 0 radical (unpaired) electrons. The van der Waals surface area contributed by atoms with Crippen molar-refractivity contribution in [1.82, 2.24) is 0 Å². The Labute approximate surface area is 134 Å². The molecule has 0 saturated carbocycles. The summed E-state index contributed by atoms with van der Waals surface area (Å²) in [6.45, 7) is 1.23. The van der Waals surface area contributed by atoms with E-state index in [1.54, 1.807) is 36.4 Å². The van der Waals surface area contributed by atoms with Gasteiger partial charge in [0.05, 0.1) is 13.2 Å². The number of hydrogen-bond donors (Lipinski definition) is 0. The predicted molar refractivity (Wildman–Crippen MR) is 86.9 cm³/mol. The first-order valence-corrected chi connectivity index (χ1v) is 7.48. The van der Waals surface area contributed by atoms with Crippen molar-refractivity contribution in [1.29, 1.82) is 0 Å². The Balaban J connectivity index is 1.79. The molecule has 112 valence electrons. The zero-order chi connectivity index (χ0) is 15.4. The molecule has 0 fully saturated rings. The minimum atomic E-state index is -0.0874. The lowest BCUT2D eigenvalue weighted by Gasteiger charge is -2.07. The van der Waals surface area contributed by atoms with Gasteiger partial charge >= 0.3 is 0 Å². The molecule has 0 aliphatic carbocycles. The van der Waals surface area contributed by atoms with Gasteiger partial charge in [0.1, 0.15) is 0 Å². The quantitative estimate of drug-likeness (QED) is 0.622. The number of ether oxygens (including phenoxy) is 2. The van der Waals surface area contributed by atoms with Crippen molar-refractivity contribution in [2.75, 3.05) is 13.2 Å². The van der Waals surface area contributed by atoms with Crippen LogP contribution in [0, 0.1) is 0 Å². The highest BCUT2D eigenvalue weighted by molar-refractivity contribution is 6.30. The van der Waals surface area contributed by atoms with Crippen LogP contribution in [0.15, 0.2) is 48.5 Å². The van der Waals surface area contributed by atoms with Gasteiger partial charge in [-0.3, -0.25) is 4.79 Å². The number of fused-ring (bicyclic) bond motifs is 1. The standard InChI is InChI=1S/C18H15ClO3/c19-15-4-1-3-13(11-15)5-7-16(20)14-6-8-17-18(12-14)22-10-2-9-21-17/h1,3-8,11-12H,2,9-10H2/b7-5+. The van der Waals surface area contributed by atoms with Crippen molar-refractivity contribution in [3.8, 4) is 11.5 Å². The molecule has 1 aliphatic heterocycles. The fraction of sp³-hybridized carbons (Fsp3) is 0.167. The highest BCUT2D eigenvalue weighted by Gasteiger charge is 2.12. The summed E-state index contributed by atoms with van der Waals surface area (Å²) in [4.78, 5) is 12.3. The second-order valence-corrected chi connectivity index (χ2v) is 5.40. The summed E-state index contributed by atoms with van der Waals surface area (Å²) in [6, 6.07) is 12.6. The fourth-order valence-corrected chi connectivity index (χ4v) is 2.39. The van der Waals surface area contributed by atoms with Gasteiger partial charge < -0.3 is 9.47 Å². The Morgan fingerprint density at radius 2 is 1.86 bits per heavy atom. The smallest absolute Gasteiger partial charge is 0.185 e. The molecule has 0 unspecified atom stereocenters. The van der Waals surface area contributed by atoms with Gasteiger partial charge in [-0.15, -0.1) is 0 Å². The maximum absolute atomic E-state index is 12.3. The van der Waals surface area contributed by atoms with Gasteiger partial charge in [0.25, 0.3) is 0 Å². The van der Waals surface area contributed by atoms with Crippen molar-refractivity contribution in [2.45, 2.75) is 6.42 Å². The molecular weight excluding hydrogens is 300 g/mol. The molecular formula is C18H15ClO3. The van der Waals surface area contributed by atoms with Crippen LogP contribution in [0.5, 0.6) is 11.5 Å². The lowest BCUT2D eigenvalue weighted by molar-refractivity contribution is 0.104. The van der Waals surface area contributed by atoms with Gasteiger partial charge in [-0.05, 0) is 42.0 Å². The first-order chi connectivity index (χ1) is 10.7. The number of allylic oxidation sites excluding steroid dienone is 1. The molecule has 0 atom stereocenters. The normalized spacial score (nSPS) is 13.9. The van der Waals surface area contributed by atoms with E-state index < -0.39 is 0 Å². The molecule has 1 aliphatic rings. The molecule has 4 heteroatoms. The summed E-state index contributed by atoms with van der Waals surface area (Å²) in [5, 5.41) is 0.644. The monoisotopic (exact) mass is 314 g/mol. The Bertz CT molecular complexity index is 722. The minimum absolute atomic E-state index is 0.0874. The number of ketones is 1. The maximum Gasteiger partial charge on any atom is 0.185 e. The van der Waals surface area contributed by atoms with Crippen molar-refractivity contribution >= 4 is 23.5 Å². The van der Waals surface area contributed by atoms with Crippen LogP contribution < -0.4 is 9.47 Å². The molecule has 0 aromatic heterocycles. The molecule has 22 heavy (non-hydrogen) atoms. The van der Waals surface area contributed by atoms with Crippen molar-refractivity contribution in [3.63, 3.8) is 0 Å². The lowest BCUT2D eigenvalue weighted by atomic mass is 10.1. The molecule has 0 N–H and O–H groups in total. The number of carbonyl (C=O) groups is 1. The van der Waals surface area contributed by atoms with E-state index in [0.717, 1.165) is 12.0 Å². The zero-order valence-electron chi connectivity index (χ0n) is 11.9. The van der Waals surface area contributed by atoms with Gasteiger partial charge in [0.2, 0.25) is 0 Å². The van der Waals surface area contributed by atoms with Crippen LogP contribution in [0.4, 0.5) is 0 Å². The third-order valence-electron chi connectivity index (χ3n) is 3.31. The van der Waals surface area contributed by atoms with E-state index in [2.05, 4.69) is 0 Å². The molecule has 3 nitrogen and oxygen atoms in total. The molecule has 1 heterocycles. The van der Waals surface area contributed by atoms with Crippen LogP contribution in [-0.4, -0.2) is 19.0 Å². The molecule has 0 saturated heterocycles. The van der Waals surface area contributed by atoms with Gasteiger partial charge in [0.15, 0.2) is 17.3 Å². The SMILES string of the molecule is O=C(/C=C/c1cccc(Cl)c1)c1ccc2c(c1)OCCCO2. The maximum atomic E-state index is 12.3. The molecule has 0 amide bonds. The topological polar surface area (TPSA) is 35.5 Å². The van der Waals surface area contributed by atoms with E-state index in [9.17, 15) is 4.79 Å². The van der Waals surface area contributed by atoms with E-state index in [0.29, 0.717) is 35.3 Å². The summed E-state index contributed by atoms with van der Waals surface area (Å²) in [5.74, 6) is 1.22. The lowest BCUT2D eigenvalue weighted by Crippen LogP contribution is -1.98. The van der Waals surface area contributed by atoms with Crippen LogP contribution in [-0.2, 0) is 0 Å². The minimum Gasteiger partial charge on any atom is -0.490 e. The summed E-state index contributed by atoms with van der Waals surface area (Å²) in [7, 11) is 0. The fourth-order valence-electron chi connectivity index (χ4n) is 2.19. The molecule has 2 aromatic rings. The predicted octanol–water partition coefficient (Wildman–Crippen LogP) is 4.40. The highest BCUT2D eigenvalue weighted by Crippen LogP contribution is 2.30. The first-order valence-electron chi connectivity index (χ1n) is 7.10. The first kappa shape index (κ1) is 14.7. The number of hydrogen-bond acceptors (Lipinski definition) is 3. The Morgan fingerprint density at radius 3 is 2.68 bits per heavy atom. The molecule has 0 bridgehead atoms. The van der Waals surface area contributed by atoms with E-state index in [-0.39, 0.29) is 5.78 Å². The average Bonchev–Trinajstić information content (AvgIpc) is 2.77. The third kappa shape index (κ3) is 3.49. The van der Waals surface area contributed by atoms with Crippen LogP contribution in [0.2, 0.25) is 5.02 Å². The Kier molecular flexibility index (Phi) is 4.45. The van der Waals surface area contributed by atoms with Gasteiger partial charge in [-0.2, -0.15) is 0 Å². The summed E-state index contributed by atoms with van der Waals surface area (Å²) < 4.78 is 11.2. The average molecular weight is 315 g/mol. The third-order valence-corrected chi connectivity index (χ3v) is 3.54. The van der Waals surface area contributed by atoms with Crippen molar-refractivity contribution < 1.29 is 14.3 Å². The van der Waals surface area contributed by atoms with E-state index in [1.165, 1.54) is 6.08 Å².